The van der Waals surface area contributed by atoms with Crippen LogP contribution in [0.1, 0.15) is 61.3 Å². The molecule has 140 valence electrons. The molecule has 3 aliphatic heterocycles. The number of allylic oxidation sites excluding steroid dienone is 1. The van der Waals surface area contributed by atoms with Crippen LogP contribution in [-0.4, -0.2) is 52.4 Å². The highest BCUT2D eigenvalue weighted by Crippen LogP contribution is 2.31. The van der Waals surface area contributed by atoms with Crippen molar-refractivity contribution in [3.63, 3.8) is 0 Å². The van der Waals surface area contributed by atoms with E-state index in [9.17, 15) is 9.59 Å². The molecule has 6 heteroatoms. The van der Waals surface area contributed by atoms with E-state index in [1.165, 1.54) is 5.57 Å². The Morgan fingerprint density at radius 3 is 2.85 bits per heavy atom. The van der Waals surface area contributed by atoms with Crippen LogP contribution < -0.4 is 0 Å². The molecule has 0 aromatic carbocycles. The Morgan fingerprint density at radius 1 is 1.23 bits per heavy atom. The Labute approximate surface area is 154 Å². The van der Waals surface area contributed by atoms with Gasteiger partial charge in [0.05, 0.1) is 5.92 Å². The highest BCUT2D eigenvalue weighted by atomic mass is 16.5. The summed E-state index contributed by atoms with van der Waals surface area (Å²) in [6, 6.07) is 0.100. The van der Waals surface area contributed by atoms with Gasteiger partial charge in [0.15, 0.2) is 5.69 Å². The van der Waals surface area contributed by atoms with Crippen LogP contribution >= 0.6 is 0 Å². The van der Waals surface area contributed by atoms with Gasteiger partial charge in [0.2, 0.25) is 5.91 Å². The van der Waals surface area contributed by atoms with E-state index in [4.69, 9.17) is 4.52 Å². The average Bonchev–Trinajstić information content (AvgIpc) is 2.86. The first-order valence-electron chi connectivity index (χ1n) is 9.75. The normalized spacial score (nSPS) is 25.1. The predicted molar refractivity (Wildman–Crippen MR) is 96.7 cm³/mol. The van der Waals surface area contributed by atoms with Crippen LogP contribution in [0.5, 0.6) is 0 Å². The van der Waals surface area contributed by atoms with Crippen molar-refractivity contribution in [2.45, 2.75) is 58.4 Å². The van der Waals surface area contributed by atoms with Crippen molar-refractivity contribution in [1.82, 2.24) is 15.0 Å². The van der Waals surface area contributed by atoms with Crippen molar-refractivity contribution < 1.29 is 14.1 Å². The highest BCUT2D eigenvalue weighted by molar-refractivity contribution is 5.94. The van der Waals surface area contributed by atoms with Crippen LogP contribution in [0.15, 0.2) is 16.2 Å². The average molecular weight is 357 g/mol. The van der Waals surface area contributed by atoms with Gasteiger partial charge in [0, 0.05) is 37.7 Å². The molecule has 0 N–H and O–H groups in total. The van der Waals surface area contributed by atoms with Crippen molar-refractivity contribution in [2.75, 3.05) is 19.6 Å². The number of nitrogens with zero attached hydrogens (tertiary/aromatic N) is 3. The van der Waals surface area contributed by atoms with E-state index in [1.807, 2.05) is 23.6 Å². The lowest BCUT2D eigenvalue weighted by Crippen LogP contribution is -2.48. The number of carbonyl (C=O) groups is 2. The lowest BCUT2D eigenvalue weighted by molar-refractivity contribution is -0.139. The number of fused-ring (bicyclic) bond motifs is 5. The van der Waals surface area contributed by atoms with E-state index in [0.717, 1.165) is 49.8 Å². The van der Waals surface area contributed by atoms with Crippen LogP contribution in [0.2, 0.25) is 0 Å². The lowest BCUT2D eigenvalue weighted by Gasteiger charge is -2.35. The minimum atomic E-state index is -0.0917. The minimum Gasteiger partial charge on any atom is -0.360 e. The minimum absolute atomic E-state index is 0.0642. The Morgan fingerprint density at radius 2 is 2.04 bits per heavy atom. The molecule has 4 aliphatic rings. The number of hydrogen-bond donors (Lipinski definition) is 0. The second-order valence-corrected chi connectivity index (χ2v) is 8.05. The maximum atomic E-state index is 13.1. The molecule has 5 rings (SSSR count). The molecule has 1 aromatic heterocycles. The molecule has 2 unspecified atom stereocenters. The summed E-state index contributed by atoms with van der Waals surface area (Å²) < 4.78 is 5.42. The van der Waals surface area contributed by atoms with E-state index in [1.54, 1.807) is 0 Å². The van der Waals surface area contributed by atoms with Crippen LogP contribution in [0.3, 0.4) is 0 Å². The second-order valence-electron chi connectivity index (χ2n) is 8.05. The fourth-order valence-corrected chi connectivity index (χ4v) is 4.43. The topological polar surface area (TPSA) is 66.7 Å². The Kier molecular flexibility index (Phi) is 4.59. The van der Waals surface area contributed by atoms with Gasteiger partial charge in [0.1, 0.15) is 5.76 Å². The molecule has 2 amide bonds. The highest BCUT2D eigenvalue weighted by Gasteiger charge is 2.42. The molecule has 3 fully saturated rings. The van der Waals surface area contributed by atoms with Crippen LogP contribution in [0.4, 0.5) is 0 Å². The first kappa shape index (κ1) is 17.3. The molecule has 3 saturated heterocycles. The summed E-state index contributed by atoms with van der Waals surface area (Å²) in [5.74, 6) is 0.909. The van der Waals surface area contributed by atoms with Gasteiger partial charge < -0.3 is 14.3 Å². The van der Waals surface area contributed by atoms with Gasteiger partial charge in [-0.15, -0.1) is 0 Å². The third-order valence-electron chi connectivity index (χ3n) is 5.93. The number of amides is 2. The fraction of sp³-hybridized carbons (Fsp3) is 0.650. The molecule has 2 atom stereocenters. The van der Waals surface area contributed by atoms with Gasteiger partial charge >= 0.3 is 0 Å². The van der Waals surface area contributed by atoms with E-state index in [0.29, 0.717) is 25.3 Å². The Hall–Kier alpha value is -2.11. The van der Waals surface area contributed by atoms with Gasteiger partial charge in [-0.05, 0) is 46.0 Å². The SMILES string of the molecule is CC(C)=CCN1C(=O)C2CCC1CN(C(=O)c1noc3c1CCCC3)C2. The molecule has 6 nitrogen and oxygen atoms in total. The van der Waals surface area contributed by atoms with Crippen LogP contribution in [0.25, 0.3) is 0 Å². The summed E-state index contributed by atoms with van der Waals surface area (Å²) >= 11 is 0. The molecule has 1 aliphatic carbocycles. The zero-order valence-corrected chi connectivity index (χ0v) is 15.7. The number of piperidine rings is 1. The predicted octanol–water partition coefficient (Wildman–Crippen LogP) is 2.58. The van der Waals surface area contributed by atoms with Gasteiger partial charge in [-0.2, -0.15) is 0 Å². The van der Waals surface area contributed by atoms with E-state index in [2.05, 4.69) is 11.2 Å². The van der Waals surface area contributed by atoms with Crippen LogP contribution in [0, 0.1) is 5.92 Å². The molecule has 0 spiro atoms. The molecular weight excluding hydrogens is 330 g/mol. The summed E-state index contributed by atoms with van der Waals surface area (Å²) in [5.41, 5.74) is 2.68. The van der Waals surface area contributed by atoms with Crippen LogP contribution in [-0.2, 0) is 17.6 Å². The summed E-state index contributed by atoms with van der Waals surface area (Å²) in [4.78, 5) is 29.8. The Balaban J connectivity index is 1.56. The van der Waals surface area contributed by atoms with Crippen molar-refractivity contribution in [2.24, 2.45) is 5.92 Å². The zero-order valence-electron chi connectivity index (χ0n) is 15.7. The first-order valence-corrected chi connectivity index (χ1v) is 9.75. The fourth-order valence-electron chi connectivity index (χ4n) is 4.43. The molecule has 1 aromatic rings. The smallest absolute Gasteiger partial charge is 0.276 e. The zero-order chi connectivity index (χ0) is 18.3. The molecule has 4 heterocycles. The standard InChI is InChI=1S/C20H27N3O3/c1-13(2)9-10-23-15-8-7-14(19(23)24)11-22(12-15)20(25)18-16-5-3-4-6-17(16)26-21-18/h9,14-15H,3-8,10-12H2,1-2H3. The largest absolute Gasteiger partial charge is 0.360 e. The van der Waals surface area contributed by atoms with E-state index < -0.39 is 0 Å². The number of aromatic nitrogens is 1. The number of carbonyl (C=O) groups excluding carboxylic acids is 2. The van der Waals surface area contributed by atoms with Crippen molar-refractivity contribution in [3.05, 3.63) is 28.7 Å². The van der Waals surface area contributed by atoms with Crippen molar-refractivity contribution in [3.8, 4) is 0 Å². The Bertz CT molecular complexity index is 747. The maximum Gasteiger partial charge on any atom is 0.276 e. The third-order valence-corrected chi connectivity index (χ3v) is 5.93. The van der Waals surface area contributed by atoms with Gasteiger partial charge in [0.25, 0.3) is 5.91 Å². The molecule has 2 bridgehead atoms. The van der Waals surface area contributed by atoms with Gasteiger partial charge in [-0.25, -0.2) is 0 Å². The molecule has 26 heavy (non-hydrogen) atoms. The van der Waals surface area contributed by atoms with E-state index >= 15 is 0 Å². The summed E-state index contributed by atoms with van der Waals surface area (Å²) in [5, 5.41) is 4.10. The monoisotopic (exact) mass is 357 g/mol. The lowest BCUT2D eigenvalue weighted by atomic mass is 9.94. The third kappa shape index (κ3) is 3.06. The first-order chi connectivity index (χ1) is 12.5. The summed E-state index contributed by atoms with van der Waals surface area (Å²) in [6.45, 7) is 5.83. The number of rotatable bonds is 3. The summed E-state index contributed by atoms with van der Waals surface area (Å²) in [6.07, 6.45) is 7.84. The number of hydrogen-bond acceptors (Lipinski definition) is 4. The molecule has 0 radical (unpaired) electrons. The molecule has 0 saturated carbocycles. The molecular formula is C20H27N3O3. The summed E-state index contributed by atoms with van der Waals surface area (Å²) in [7, 11) is 0. The number of aryl methyl sites for hydroxylation is 1. The van der Waals surface area contributed by atoms with Crippen molar-refractivity contribution >= 4 is 11.8 Å². The maximum absolute atomic E-state index is 13.1. The van der Waals surface area contributed by atoms with Crippen molar-refractivity contribution in [1.29, 1.82) is 0 Å². The quantitative estimate of drug-likeness (QED) is 0.780. The van der Waals surface area contributed by atoms with Gasteiger partial charge in [-0.3, -0.25) is 9.59 Å². The van der Waals surface area contributed by atoms with E-state index in [-0.39, 0.29) is 23.8 Å². The van der Waals surface area contributed by atoms with Gasteiger partial charge in [-0.1, -0.05) is 16.8 Å². The second kappa shape index (κ2) is 6.89.